The van der Waals surface area contributed by atoms with E-state index in [1.54, 1.807) is 0 Å². The summed E-state index contributed by atoms with van der Waals surface area (Å²) in [6, 6.07) is -0.238. The Kier molecular flexibility index (Phi) is 4.52. The third kappa shape index (κ3) is 3.40. The smallest absolute Gasteiger partial charge is 0.230 e. The largest absolute Gasteiger partial charge is 0.379 e. The fraction of sp³-hybridized carbons (Fsp3) is 0.917. The average Bonchev–Trinajstić information content (AvgIpc) is 2.57. The van der Waals surface area contributed by atoms with E-state index in [1.807, 2.05) is 27.7 Å². The van der Waals surface area contributed by atoms with Gasteiger partial charge in [-0.05, 0) is 27.7 Å². The molecule has 1 rings (SSSR count). The molecular formula is C12H24N2O3. The number of nitrogens with one attached hydrogen (secondary N) is 1. The number of carbonyl (C=O) groups excluding carboxylic acids is 1. The number of hydrogen-bond donors (Lipinski definition) is 2. The Morgan fingerprint density at radius 1 is 1.65 bits per heavy atom. The molecular weight excluding hydrogens is 220 g/mol. The lowest BCUT2D eigenvalue weighted by Crippen LogP contribution is -2.52. The third-order valence-electron chi connectivity index (χ3n) is 3.25. The molecule has 1 aliphatic heterocycles. The molecule has 1 amide bonds. The Bertz CT molecular complexity index is 281. The van der Waals surface area contributed by atoms with E-state index in [0.29, 0.717) is 26.4 Å². The van der Waals surface area contributed by atoms with Gasteiger partial charge in [0.2, 0.25) is 5.91 Å². The second kappa shape index (κ2) is 5.33. The summed E-state index contributed by atoms with van der Waals surface area (Å²) in [5.74, 6) is -0.0599. The molecule has 5 nitrogen and oxygen atoms in total. The van der Waals surface area contributed by atoms with Crippen molar-refractivity contribution in [3.63, 3.8) is 0 Å². The minimum absolute atomic E-state index is 0.0599. The molecule has 0 radical (unpaired) electrons. The van der Waals surface area contributed by atoms with Gasteiger partial charge in [0.25, 0.3) is 0 Å². The Labute approximate surface area is 103 Å². The molecule has 2 unspecified atom stereocenters. The fourth-order valence-corrected chi connectivity index (χ4v) is 1.86. The van der Waals surface area contributed by atoms with Crippen LogP contribution in [0.3, 0.4) is 0 Å². The van der Waals surface area contributed by atoms with Crippen molar-refractivity contribution < 1.29 is 14.3 Å². The zero-order valence-electron chi connectivity index (χ0n) is 11.2. The molecule has 0 aliphatic carbocycles. The molecule has 2 atom stereocenters. The molecule has 3 N–H and O–H groups in total. The lowest BCUT2D eigenvalue weighted by Gasteiger charge is -2.29. The van der Waals surface area contributed by atoms with Crippen molar-refractivity contribution in [3.05, 3.63) is 0 Å². The number of carbonyl (C=O) groups is 1. The van der Waals surface area contributed by atoms with Gasteiger partial charge in [-0.1, -0.05) is 0 Å². The van der Waals surface area contributed by atoms with Gasteiger partial charge >= 0.3 is 0 Å². The van der Waals surface area contributed by atoms with Gasteiger partial charge in [0.05, 0.1) is 24.2 Å². The summed E-state index contributed by atoms with van der Waals surface area (Å²) in [5.41, 5.74) is 4.92. The van der Waals surface area contributed by atoms with Crippen LogP contribution in [0.5, 0.6) is 0 Å². The monoisotopic (exact) mass is 244 g/mol. The maximum atomic E-state index is 12.1. The van der Waals surface area contributed by atoms with Crippen molar-refractivity contribution in [1.82, 2.24) is 5.32 Å². The molecule has 100 valence electrons. The molecule has 0 aromatic rings. The molecule has 1 saturated heterocycles. The minimum Gasteiger partial charge on any atom is -0.379 e. The zero-order valence-corrected chi connectivity index (χ0v) is 11.2. The average molecular weight is 244 g/mol. The van der Waals surface area contributed by atoms with E-state index in [9.17, 15) is 4.79 Å². The zero-order chi connectivity index (χ0) is 13.1. The van der Waals surface area contributed by atoms with Crippen molar-refractivity contribution in [2.45, 2.75) is 39.3 Å². The van der Waals surface area contributed by atoms with E-state index in [1.165, 1.54) is 0 Å². The highest BCUT2D eigenvalue weighted by Crippen LogP contribution is 2.27. The first-order valence-corrected chi connectivity index (χ1v) is 6.07. The third-order valence-corrected chi connectivity index (χ3v) is 3.25. The summed E-state index contributed by atoms with van der Waals surface area (Å²) < 4.78 is 10.8. The number of hydrogen-bond acceptors (Lipinski definition) is 4. The van der Waals surface area contributed by atoms with Crippen LogP contribution in [-0.4, -0.2) is 43.9 Å². The highest BCUT2D eigenvalue weighted by molar-refractivity contribution is 5.83. The molecule has 0 bridgehead atoms. The SMILES string of the molecule is CCOC(C)(C)CNC(=O)C1(C)COCC1N. The minimum atomic E-state index is -0.623. The van der Waals surface area contributed by atoms with Crippen molar-refractivity contribution in [2.75, 3.05) is 26.4 Å². The summed E-state index contributed by atoms with van der Waals surface area (Å²) in [6.45, 7) is 9.60. The first-order valence-electron chi connectivity index (χ1n) is 6.07. The second-order valence-electron chi connectivity index (χ2n) is 5.41. The number of amides is 1. The fourth-order valence-electron chi connectivity index (χ4n) is 1.86. The second-order valence-corrected chi connectivity index (χ2v) is 5.41. The normalized spacial score (nSPS) is 29.4. The van der Waals surface area contributed by atoms with Crippen LogP contribution in [0.4, 0.5) is 0 Å². The molecule has 1 heterocycles. The van der Waals surface area contributed by atoms with Crippen LogP contribution in [0.2, 0.25) is 0 Å². The van der Waals surface area contributed by atoms with Gasteiger partial charge in [0.1, 0.15) is 0 Å². The van der Waals surface area contributed by atoms with Crippen LogP contribution in [0, 0.1) is 5.41 Å². The lowest BCUT2D eigenvalue weighted by atomic mass is 9.84. The van der Waals surface area contributed by atoms with E-state index in [4.69, 9.17) is 15.2 Å². The van der Waals surface area contributed by atoms with Gasteiger partial charge in [0.15, 0.2) is 0 Å². The highest BCUT2D eigenvalue weighted by atomic mass is 16.5. The van der Waals surface area contributed by atoms with Crippen LogP contribution in [0.1, 0.15) is 27.7 Å². The van der Waals surface area contributed by atoms with E-state index in [-0.39, 0.29) is 17.6 Å². The standard InChI is InChI=1S/C12H24N2O3/c1-5-17-11(2,3)7-14-10(15)12(4)8-16-6-9(12)13/h9H,5-8,13H2,1-4H3,(H,14,15). The summed E-state index contributed by atoms with van der Waals surface area (Å²) >= 11 is 0. The predicted molar refractivity (Wildman–Crippen MR) is 65.6 cm³/mol. The summed E-state index contributed by atoms with van der Waals surface area (Å²) in [5, 5.41) is 2.90. The molecule has 1 fully saturated rings. The van der Waals surface area contributed by atoms with Crippen LogP contribution in [-0.2, 0) is 14.3 Å². The van der Waals surface area contributed by atoms with E-state index in [2.05, 4.69) is 5.32 Å². The van der Waals surface area contributed by atoms with Crippen LogP contribution in [0.15, 0.2) is 0 Å². The maximum absolute atomic E-state index is 12.1. The molecule has 17 heavy (non-hydrogen) atoms. The van der Waals surface area contributed by atoms with Gasteiger partial charge in [-0.3, -0.25) is 4.79 Å². The molecule has 0 saturated carbocycles. The van der Waals surface area contributed by atoms with Crippen molar-refractivity contribution in [3.8, 4) is 0 Å². The number of nitrogens with two attached hydrogens (primary N) is 1. The van der Waals surface area contributed by atoms with Crippen molar-refractivity contribution >= 4 is 5.91 Å². The molecule has 0 aromatic heterocycles. The van der Waals surface area contributed by atoms with Gasteiger partial charge in [-0.25, -0.2) is 0 Å². The Morgan fingerprint density at radius 3 is 2.76 bits per heavy atom. The summed E-state index contributed by atoms with van der Waals surface area (Å²) in [6.07, 6.45) is 0. The van der Waals surface area contributed by atoms with Gasteiger partial charge in [-0.2, -0.15) is 0 Å². The first-order chi connectivity index (χ1) is 7.82. The molecule has 5 heteroatoms. The van der Waals surface area contributed by atoms with Gasteiger partial charge < -0.3 is 20.5 Å². The summed E-state index contributed by atoms with van der Waals surface area (Å²) in [4.78, 5) is 12.1. The van der Waals surface area contributed by atoms with Crippen LogP contribution >= 0.6 is 0 Å². The number of ether oxygens (including phenoxy) is 2. The Morgan fingerprint density at radius 2 is 2.29 bits per heavy atom. The first kappa shape index (κ1) is 14.4. The molecule has 0 aromatic carbocycles. The Hall–Kier alpha value is -0.650. The van der Waals surface area contributed by atoms with E-state index >= 15 is 0 Å². The quantitative estimate of drug-likeness (QED) is 0.728. The van der Waals surface area contributed by atoms with E-state index in [0.717, 1.165) is 0 Å². The van der Waals surface area contributed by atoms with Crippen molar-refractivity contribution in [2.24, 2.45) is 11.1 Å². The van der Waals surface area contributed by atoms with Crippen molar-refractivity contribution in [1.29, 1.82) is 0 Å². The van der Waals surface area contributed by atoms with Gasteiger partial charge in [0, 0.05) is 19.2 Å². The Balaban J connectivity index is 2.50. The topological polar surface area (TPSA) is 73.6 Å². The molecule has 1 aliphatic rings. The lowest BCUT2D eigenvalue weighted by molar-refractivity contribution is -0.132. The maximum Gasteiger partial charge on any atom is 0.230 e. The number of rotatable bonds is 5. The van der Waals surface area contributed by atoms with Gasteiger partial charge in [-0.15, -0.1) is 0 Å². The predicted octanol–water partition coefficient (Wildman–Crippen LogP) is 0.282. The van der Waals surface area contributed by atoms with Crippen LogP contribution in [0.25, 0.3) is 0 Å². The highest BCUT2D eigenvalue weighted by Gasteiger charge is 2.44. The summed E-state index contributed by atoms with van der Waals surface area (Å²) in [7, 11) is 0. The molecule has 0 spiro atoms. The van der Waals surface area contributed by atoms with E-state index < -0.39 is 5.41 Å². The van der Waals surface area contributed by atoms with Crippen LogP contribution < -0.4 is 11.1 Å².